The minimum Gasteiger partial charge on any atom is -0.463 e. The van der Waals surface area contributed by atoms with Crippen LogP contribution in [0, 0.1) is 0 Å². The van der Waals surface area contributed by atoms with E-state index in [2.05, 4.69) is 38.1 Å². The van der Waals surface area contributed by atoms with Gasteiger partial charge in [-0.25, -0.2) is 14.8 Å². The normalized spacial score (nSPS) is 11.3. The second-order valence-corrected chi connectivity index (χ2v) is 6.02. The van der Waals surface area contributed by atoms with E-state index in [0.29, 0.717) is 5.82 Å². The van der Waals surface area contributed by atoms with Crippen molar-refractivity contribution < 1.29 is 9.53 Å². The average molecular weight is 330 g/mol. The number of hydrogen-bond acceptors (Lipinski definition) is 5. The number of aromatic nitrogens is 2. The molecule has 0 radical (unpaired) electrons. The summed E-state index contributed by atoms with van der Waals surface area (Å²) in [6.07, 6.45) is 0.967. The summed E-state index contributed by atoms with van der Waals surface area (Å²) < 4.78 is 5.49. The van der Waals surface area contributed by atoms with Gasteiger partial charge in [-0.1, -0.05) is 27.7 Å². The Morgan fingerprint density at radius 2 is 2.00 bits per heavy atom. The molecule has 1 rings (SSSR count). The number of carbonyl (C=O) groups excluding carboxylic acids is 1. The van der Waals surface area contributed by atoms with Crippen LogP contribution in [0.2, 0.25) is 0 Å². The van der Waals surface area contributed by atoms with Gasteiger partial charge in [0.15, 0.2) is 0 Å². The Labute approximate surface area is 122 Å². The van der Waals surface area contributed by atoms with Crippen LogP contribution in [0.25, 0.3) is 0 Å². The molecular formula is C13H20BrN3O2. The van der Waals surface area contributed by atoms with Gasteiger partial charge in [-0.3, -0.25) is 0 Å². The lowest BCUT2D eigenvalue weighted by Crippen LogP contribution is -2.20. The van der Waals surface area contributed by atoms with Crippen molar-refractivity contribution in [3.63, 3.8) is 0 Å². The molecular weight excluding hydrogens is 310 g/mol. The Kier molecular flexibility index (Phi) is 5.29. The molecule has 0 amide bonds. The number of methoxy groups -OCH3 is 1. The van der Waals surface area contributed by atoms with Crippen LogP contribution in [0.1, 0.15) is 50.4 Å². The van der Waals surface area contributed by atoms with Crippen LogP contribution in [0.15, 0.2) is 4.47 Å². The zero-order valence-corrected chi connectivity index (χ0v) is 13.6. The first-order chi connectivity index (χ1) is 8.81. The number of ether oxygens (including phenoxy) is 1. The van der Waals surface area contributed by atoms with E-state index < -0.39 is 5.97 Å². The van der Waals surface area contributed by atoms with E-state index in [9.17, 15) is 4.79 Å². The van der Waals surface area contributed by atoms with Crippen molar-refractivity contribution in [1.82, 2.24) is 9.97 Å². The van der Waals surface area contributed by atoms with Crippen LogP contribution in [-0.2, 0) is 10.2 Å². The highest BCUT2D eigenvalue weighted by atomic mass is 79.9. The lowest BCUT2D eigenvalue weighted by molar-refractivity contribution is 0.0586. The lowest BCUT2D eigenvalue weighted by atomic mass is 9.92. The third-order valence-electron chi connectivity index (χ3n) is 2.47. The number of halogens is 1. The summed E-state index contributed by atoms with van der Waals surface area (Å²) in [5.74, 6) is 0.175. The van der Waals surface area contributed by atoms with Gasteiger partial charge in [-0.05, 0) is 22.4 Å². The maximum atomic E-state index is 11.6. The predicted octanol–water partition coefficient (Wildman–Crippen LogP) is 3.15. The second kappa shape index (κ2) is 6.32. The number of hydrogen-bond donors (Lipinski definition) is 1. The second-order valence-electron chi connectivity index (χ2n) is 5.23. The summed E-state index contributed by atoms with van der Waals surface area (Å²) in [5.41, 5.74) is 0.578. The standard InChI is InChI=1S/C13H20BrN3O2/c1-6-7-15-10-8(14)9(13(2,3)4)16-11(17-10)12(18)19-5/h6-7H2,1-5H3,(H,15,16,17). The number of carbonyl (C=O) groups is 1. The van der Waals surface area contributed by atoms with Crippen molar-refractivity contribution >= 4 is 27.7 Å². The average Bonchev–Trinajstić information content (AvgIpc) is 2.35. The Hall–Kier alpha value is -1.17. The summed E-state index contributed by atoms with van der Waals surface area (Å²) in [6, 6.07) is 0. The molecule has 19 heavy (non-hydrogen) atoms. The number of anilines is 1. The van der Waals surface area contributed by atoms with Crippen LogP contribution in [-0.4, -0.2) is 29.6 Å². The fourth-order valence-corrected chi connectivity index (χ4v) is 2.40. The Morgan fingerprint density at radius 1 is 1.37 bits per heavy atom. The molecule has 0 aromatic carbocycles. The van der Waals surface area contributed by atoms with Crippen molar-refractivity contribution in [2.24, 2.45) is 0 Å². The molecule has 0 aliphatic rings. The molecule has 5 nitrogen and oxygen atoms in total. The molecule has 1 N–H and O–H groups in total. The molecule has 1 aromatic heterocycles. The summed E-state index contributed by atoms with van der Waals surface area (Å²) in [6.45, 7) is 8.94. The largest absolute Gasteiger partial charge is 0.463 e. The number of esters is 1. The molecule has 1 aromatic rings. The first-order valence-corrected chi connectivity index (χ1v) is 7.00. The van der Waals surface area contributed by atoms with E-state index in [4.69, 9.17) is 4.74 Å². The summed E-state index contributed by atoms with van der Waals surface area (Å²) >= 11 is 3.51. The molecule has 106 valence electrons. The molecule has 0 bridgehead atoms. The van der Waals surface area contributed by atoms with E-state index in [1.54, 1.807) is 0 Å². The maximum absolute atomic E-state index is 11.6. The van der Waals surface area contributed by atoms with Gasteiger partial charge >= 0.3 is 5.97 Å². The highest BCUT2D eigenvalue weighted by Crippen LogP contribution is 2.32. The molecule has 0 saturated heterocycles. The van der Waals surface area contributed by atoms with Gasteiger partial charge in [0, 0.05) is 12.0 Å². The van der Waals surface area contributed by atoms with Crippen molar-refractivity contribution in [1.29, 1.82) is 0 Å². The van der Waals surface area contributed by atoms with Crippen LogP contribution in [0.5, 0.6) is 0 Å². The minimum atomic E-state index is -0.530. The third kappa shape index (κ3) is 3.89. The minimum absolute atomic E-state index is 0.0780. The molecule has 0 unspecified atom stereocenters. The number of rotatable bonds is 4. The zero-order chi connectivity index (χ0) is 14.6. The van der Waals surface area contributed by atoms with Crippen molar-refractivity contribution in [2.45, 2.75) is 39.5 Å². The molecule has 0 aliphatic heterocycles. The fourth-order valence-electron chi connectivity index (χ4n) is 1.49. The molecule has 0 spiro atoms. The SMILES string of the molecule is CCCNc1nc(C(=O)OC)nc(C(C)(C)C)c1Br. The maximum Gasteiger partial charge on any atom is 0.376 e. The van der Waals surface area contributed by atoms with Gasteiger partial charge in [-0.2, -0.15) is 0 Å². The topological polar surface area (TPSA) is 64.1 Å². The van der Waals surface area contributed by atoms with E-state index in [-0.39, 0.29) is 11.2 Å². The monoisotopic (exact) mass is 329 g/mol. The highest BCUT2D eigenvalue weighted by molar-refractivity contribution is 9.10. The predicted molar refractivity (Wildman–Crippen MR) is 78.6 cm³/mol. The van der Waals surface area contributed by atoms with E-state index in [0.717, 1.165) is 23.1 Å². The smallest absolute Gasteiger partial charge is 0.376 e. The van der Waals surface area contributed by atoms with Gasteiger partial charge in [0.2, 0.25) is 5.82 Å². The van der Waals surface area contributed by atoms with Gasteiger partial charge in [0.1, 0.15) is 5.82 Å². The zero-order valence-electron chi connectivity index (χ0n) is 12.0. The molecule has 0 aliphatic carbocycles. The van der Waals surface area contributed by atoms with Gasteiger partial charge in [0.05, 0.1) is 17.3 Å². The van der Waals surface area contributed by atoms with Crippen LogP contribution in [0.4, 0.5) is 5.82 Å². The van der Waals surface area contributed by atoms with Crippen molar-refractivity contribution in [3.05, 3.63) is 16.0 Å². The fraction of sp³-hybridized carbons (Fsp3) is 0.615. The highest BCUT2D eigenvalue weighted by Gasteiger charge is 2.25. The first kappa shape index (κ1) is 15.9. The van der Waals surface area contributed by atoms with Gasteiger partial charge in [0.25, 0.3) is 0 Å². The number of nitrogens with zero attached hydrogens (tertiary/aromatic N) is 2. The Morgan fingerprint density at radius 3 is 2.47 bits per heavy atom. The van der Waals surface area contributed by atoms with Gasteiger partial charge < -0.3 is 10.1 Å². The first-order valence-electron chi connectivity index (χ1n) is 6.21. The Bertz CT molecular complexity index is 470. The van der Waals surface area contributed by atoms with E-state index >= 15 is 0 Å². The quantitative estimate of drug-likeness (QED) is 0.859. The Balaban J connectivity index is 3.34. The lowest BCUT2D eigenvalue weighted by Gasteiger charge is -2.21. The molecule has 6 heteroatoms. The summed E-state index contributed by atoms with van der Waals surface area (Å²) in [5, 5.41) is 3.19. The van der Waals surface area contributed by atoms with Crippen molar-refractivity contribution in [3.8, 4) is 0 Å². The molecule has 1 heterocycles. The number of nitrogens with one attached hydrogen (secondary N) is 1. The van der Waals surface area contributed by atoms with E-state index in [1.807, 2.05) is 20.8 Å². The van der Waals surface area contributed by atoms with E-state index in [1.165, 1.54) is 7.11 Å². The van der Waals surface area contributed by atoms with Crippen molar-refractivity contribution in [2.75, 3.05) is 19.0 Å². The summed E-state index contributed by atoms with van der Waals surface area (Å²) in [4.78, 5) is 20.2. The van der Waals surface area contributed by atoms with Crippen LogP contribution in [0.3, 0.4) is 0 Å². The molecule has 0 saturated carbocycles. The molecule has 0 fully saturated rings. The summed E-state index contributed by atoms with van der Waals surface area (Å²) in [7, 11) is 1.32. The van der Waals surface area contributed by atoms with Crippen LogP contribution < -0.4 is 5.32 Å². The van der Waals surface area contributed by atoms with Gasteiger partial charge in [-0.15, -0.1) is 0 Å². The van der Waals surface area contributed by atoms with Crippen LogP contribution >= 0.6 is 15.9 Å². The molecule has 0 atom stereocenters. The third-order valence-corrected chi connectivity index (χ3v) is 3.22.